The van der Waals surface area contributed by atoms with Crippen LogP contribution in [0.1, 0.15) is 91.4 Å². The number of ketones is 1. The third-order valence-electron chi connectivity index (χ3n) is 10.00. The molecule has 4 rings (SSSR count). The minimum atomic E-state index is -0.551. The lowest BCUT2D eigenvalue weighted by Crippen LogP contribution is -2.59. The Kier molecular flexibility index (Phi) is 6.40. The number of hydrogen-bond donors (Lipinski definition) is 0. The van der Waals surface area contributed by atoms with Crippen LogP contribution in [0.2, 0.25) is 0 Å². The first-order valence-corrected chi connectivity index (χ1v) is 13.4. The number of carbonyl (C=O) groups excluding carboxylic acids is 1. The van der Waals surface area contributed by atoms with E-state index in [0.29, 0.717) is 22.4 Å². The summed E-state index contributed by atoms with van der Waals surface area (Å²) in [5, 5.41) is 0.432. The molecule has 3 saturated carbocycles. The summed E-state index contributed by atoms with van der Waals surface area (Å²) in [6, 6.07) is 0. The standard InChI is InChI=1S/C26H41BrO2/c1-4-5-8-17-29-26(23(28)18-27)16-13-22-20-11-10-19-9-6-7-14-24(19,2)21(20)12-15-25(22,26)3/h6-7,19-22H,4-5,8-18H2,1-3H3/t19?,20-,21+,22+,24+,25+,26+/m1/s1. The minimum Gasteiger partial charge on any atom is -0.367 e. The molecule has 0 spiro atoms. The number of carbonyl (C=O) groups is 1. The SMILES string of the molecule is CCCCCO[C@]1(C(=O)CBr)CC[C@H]2[C@@H]3CCC4CC=CC[C@]4(C)[C@H]3CC[C@@]21C. The van der Waals surface area contributed by atoms with E-state index in [2.05, 4.69) is 48.9 Å². The Morgan fingerprint density at radius 1 is 1.07 bits per heavy atom. The molecule has 4 aliphatic carbocycles. The van der Waals surface area contributed by atoms with Crippen LogP contribution in [0.5, 0.6) is 0 Å². The lowest BCUT2D eigenvalue weighted by molar-refractivity contribution is -0.180. The summed E-state index contributed by atoms with van der Waals surface area (Å²) in [6.07, 6.45) is 18.2. The van der Waals surface area contributed by atoms with Crippen LogP contribution in [0.3, 0.4) is 0 Å². The van der Waals surface area contributed by atoms with E-state index in [-0.39, 0.29) is 5.41 Å². The van der Waals surface area contributed by atoms with Crippen molar-refractivity contribution in [1.29, 1.82) is 0 Å². The largest absolute Gasteiger partial charge is 0.367 e. The molecule has 29 heavy (non-hydrogen) atoms. The van der Waals surface area contributed by atoms with Crippen molar-refractivity contribution >= 4 is 21.7 Å². The molecule has 3 fully saturated rings. The van der Waals surface area contributed by atoms with Gasteiger partial charge in [-0.2, -0.15) is 0 Å². The van der Waals surface area contributed by atoms with Crippen molar-refractivity contribution in [3.05, 3.63) is 12.2 Å². The predicted molar refractivity (Wildman–Crippen MR) is 123 cm³/mol. The van der Waals surface area contributed by atoms with Crippen molar-refractivity contribution in [3.63, 3.8) is 0 Å². The van der Waals surface area contributed by atoms with Gasteiger partial charge in [-0.15, -0.1) is 0 Å². The van der Waals surface area contributed by atoms with Crippen LogP contribution in [0.15, 0.2) is 12.2 Å². The lowest BCUT2D eigenvalue weighted by Gasteiger charge is -2.60. The first kappa shape index (κ1) is 22.1. The smallest absolute Gasteiger partial charge is 0.175 e. The molecule has 0 saturated heterocycles. The van der Waals surface area contributed by atoms with E-state index in [0.717, 1.165) is 43.6 Å². The summed E-state index contributed by atoms with van der Waals surface area (Å²) in [7, 11) is 0. The van der Waals surface area contributed by atoms with Gasteiger partial charge in [-0.1, -0.05) is 61.7 Å². The molecular formula is C26H41BrO2. The van der Waals surface area contributed by atoms with E-state index in [1.54, 1.807) is 0 Å². The van der Waals surface area contributed by atoms with Crippen LogP contribution in [-0.4, -0.2) is 23.3 Å². The molecule has 0 bridgehead atoms. The molecule has 2 nitrogen and oxygen atoms in total. The van der Waals surface area contributed by atoms with Crippen LogP contribution >= 0.6 is 15.9 Å². The van der Waals surface area contributed by atoms with Crippen LogP contribution in [0, 0.1) is 34.5 Å². The number of alkyl halides is 1. The predicted octanol–water partition coefficient (Wildman–Crippen LogP) is 7.10. The molecule has 0 radical (unpaired) electrons. The molecule has 0 N–H and O–H groups in total. The average molecular weight is 466 g/mol. The molecule has 0 aromatic heterocycles. The molecule has 0 heterocycles. The van der Waals surface area contributed by atoms with Gasteiger partial charge in [0, 0.05) is 12.0 Å². The van der Waals surface area contributed by atoms with E-state index in [1.165, 1.54) is 51.4 Å². The fourth-order valence-electron chi connectivity index (χ4n) is 8.32. The number of ether oxygens (including phenoxy) is 1. The van der Waals surface area contributed by atoms with Crippen molar-refractivity contribution in [2.45, 2.75) is 97.0 Å². The second-order valence-electron chi connectivity index (χ2n) is 11.0. The molecule has 0 aromatic carbocycles. The maximum absolute atomic E-state index is 13.3. The van der Waals surface area contributed by atoms with E-state index in [4.69, 9.17) is 4.74 Å². The second kappa shape index (κ2) is 8.41. The number of halogens is 1. The van der Waals surface area contributed by atoms with Crippen molar-refractivity contribution in [3.8, 4) is 0 Å². The number of hydrogen-bond acceptors (Lipinski definition) is 2. The van der Waals surface area contributed by atoms with Crippen molar-refractivity contribution in [1.82, 2.24) is 0 Å². The van der Waals surface area contributed by atoms with Gasteiger partial charge in [0.25, 0.3) is 0 Å². The molecule has 164 valence electrons. The van der Waals surface area contributed by atoms with Crippen molar-refractivity contribution < 1.29 is 9.53 Å². The fraction of sp³-hybridized carbons (Fsp3) is 0.885. The van der Waals surface area contributed by atoms with Crippen LogP contribution in [0.4, 0.5) is 0 Å². The Morgan fingerprint density at radius 2 is 1.86 bits per heavy atom. The van der Waals surface area contributed by atoms with Gasteiger partial charge in [-0.05, 0) is 86.9 Å². The Morgan fingerprint density at radius 3 is 2.62 bits per heavy atom. The quantitative estimate of drug-likeness (QED) is 0.228. The topological polar surface area (TPSA) is 26.3 Å². The molecular weight excluding hydrogens is 424 g/mol. The van der Waals surface area contributed by atoms with Crippen LogP contribution in [-0.2, 0) is 9.53 Å². The third-order valence-corrected chi connectivity index (χ3v) is 10.5. The van der Waals surface area contributed by atoms with Gasteiger partial charge in [0.2, 0.25) is 0 Å². The highest BCUT2D eigenvalue weighted by molar-refractivity contribution is 9.09. The van der Waals surface area contributed by atoms with E-state index in [9.17, 15) is 4.79 Å². The average Bonchev–Trinajstić information content (AvgIpc) is 3.03. The number of fused-ring (bicyclic) bond motifs is 5. The molecule has 0 aliphatic heterocycles. The number of rotatable bonds is 7. The Bertz CT molecular complexity index is 645. The monoisotopic (exact) mass is 464 g/mol. The van der Waals surface area contributed by atoms with E-state index >= 15 is 0 Å². The number of allylic oxidation sites excluding steroid dienone is 2. The zero-order chi connectivity index (χ0) is 20.7. The zero-order valence-electron chi connectivity index (χ0n) is 18.9. The molecule has 7 atom stereocenters. The van der Waals surface area contributed by atoms with Crippen LogP contribution in [0.25, 0.3) is 0 Å². The molecule has 0 amide bonds. The van der Waals surface area contributed by atoms with Gasteiger partial charge >= 0.3 is 0 Å². The van der Waals surface area contributed by atoms with Gasteiger partial charge in [0.1, 0.15) is 5.60 Å². The number of Topliss-reactive ketones (excluding diaryl/α,β-unsaturated/α-hetero) is 1. The first-order chi connectivity index (χ1) is 13.9. The third kappa shape index (κ3) is 3.32. The number of unbranched alkanes of at least 4 members (excludes halogenated alkanes) is 2. The van der Waals surface area contributed by atoms with Gasteiger partial charge in [0.05, 0.1) is 5.33 Å². The molecule has 1 unspecified atom stereocenters. The lowest BCUT2D eigenvalue weighted by atomic mass is 9.45. The summed E-state index contributed by atoms with van der Waals surface area (Å²) < 4.78 is 6.64. The van der Waals surface area contributed by atoms with Gasteiger partial charge in [0.15, 0.2) is 5.78 Å². The Hall–Kier alpha value is -0.150. The van der Waals surface area contributed by atoms with Crippen molar-refractivity contribution in [2.75, 3.05) is 11.9 Å². The summed E-state index contributed by atoms with van der Waals surface area (Å²) in [6.45, 7) is 7.99. The minimum absolute atomic E-state index is 0.0128. The molecule has 4 aliphatic rings. The van der Waals surface area contributed by atoms with Crippen molar-refractivity contribution in [2.24, 2.45) is 34.5 Å². The summed E-state index contributed by atoms with van der Waals surface area (Å²) >= 11 is 3.51. The van der Waals surface area contributed by atoms with Crippen LogP contribution < -0.4 is 0 Å². The Labute approximate surface area is 186 Å². The first-order valence-electron chi connectivity index (χ1n) is 12.3. The normalized spacial score (nSPS) is 46.1. The zero-order valence-corrected chi connectivity index (χ0v) is 20.4. The summed E-state index contributed by atoms with van der Waals surface area (Å²) in [5.41, 5.74) is -0.0608. The van der Waals surface area contributed by atoms with Gasteiger partial charge in [-0.3, -0.25) is 4.79 Å². The summed E-state index contributed by atoms with van der Waals surface area (Å²) in [5.74, 6) is 3.45. The molecule has 0 aromatic rings. The van der Waals surface area contributed by atoms with E-state index < -0.39 is 5.60 Å². The van der Waals surface area contributed by atoms with Gasteiger partial charge in [-0.25, -0.2) is 0 Å². The maximum atomic E-state index is 13.3. The highest BCUT2D eigenvalue weighted by Crippen LogP contribution is 2.68. The molecule has 3 heteroatoms. The maximum Gasteiger partial charge on any atom is 0.175 e. The van der Waals surface area contributed by atoms with Gasteiger partial charge < -0.3 is 4.74 Å². The highest BCUT2D eigenvalue weighted by Gasteiger charge is 2.67. The highest BCUT2D eigenvalue weighted by atomic mass is 79.9. The Balaban J connectivity index is 1.60. The fourth-order valence-corrected chi connectivity index (χ4v) is 8.77. The van der Waals surface area contributed by atoms with E-state index in [1.807, 2.05) is 0 Å². The second-order valence-corrected chi connectivity index (χ2v) is 11.6. The summed E-state index contributed by atoms with van der Waals surface area (Å²) in [4.78, 5) is 13.3.